The average molecular weight is 337 g/mol. The van der Waals surface area contributed by atoms with E-state index in [1.807, 2.05) is 24.3 Å². The van der Waals surface area contributed by atoms with Gasteiger partial charge in [0.1, 0.15) is 0 Å². The maximum absolute atomic E-state index is 3.74. The minimum atomic E-state index is 0.745. The molecule has 0 radical (unpaired) electrons. The van der Waals surface area contributed by atoms with Crippen LogP contribution in [0.2, 0.25) is 0 Å². The van der Waals surface area contributed by atoms with Crippen molar-refractivity contribution in [2.45, 2.75) is 0 Å². The van der Waals surface area contributed by atoms with E-state index in [4.69, 9.17) is 0 Å². The highest BCUT2D eigenvalue weighted by Crippen LogP contribution is 2.28. The lowest BCUT2D eigenvalue weighted by molar-refractivity contribution is 1.34. The van der Waals surface area contributed by atoms with E-state index in [0.717, 1.165) is 12.2 Å². The Hall–Kier alpha value is -3.32. The van der Waals surface area contributed by atoms with Gasteiger partial charge in [0.2, 0.25) is 0 Å². The number of hydrogen-bond donors (Lipinski definition) is 1. The van der Waals surface area contributed by atoms with E-state index in [1.54, 1.807) is 6.08 Å². The first-order valence-corrected chi connectivity index (χ1v) is 8.80. The van der Waals surface area contributed by atoms with Crippen molar-refractivity contribution in [2.24, 2.45) is 0 Å². The molecule has 0 spiro atoms. The first-order chi connectivity index (χ1) is 12.9. The van der Waals surface area contributed by atoms with Gasteiger partial charge in [-0.05, 0) is 22.8 Å². The van der Waals surface area contributed by atoms with Gasteiger partial charge in [-0.3, -0.25) is 0 Å². The van der Waals surface area contributed by atoms with E-state index in [0.29, 0.717) is 0 Å². The molecule has 0 amide bonds. The van der Waals surface area contributed by atoms with Crippen LogP contribution < -0.4 is 5.32 Å². The second kappa shape index (κ2) is 9.24. The normalized spacial score (nSPS) is 11.5. The van der Waals surface area contributed by atoms with Crippen LogP contribution >= 0.6 is 0 Å². The smallest absolute Gasteiger partial charge is 0.0422 e. The molecule has 0 atom stereocenters. The van der Waals surface area contributed by atoms with Crippen molar-refractivity contribution >= 4 is 11.3 Å². The zero-order valence-electron chi connectivity index (χ0n) is 14.8. The Bertz CT molecular complexity index is 890. The van der Waals surface area contributed by atoms with Gasteiger partial charge in [-0.2, -0.15) is 0 Å². The molecule has 3 aromatic carbocycles. The molecule has 3 rings (SSSR count). The van der Waals surface area contributed by atoms with Crippen molar-refractivity contribution in [3.63, 3.8) is 0 Å². The lowest BCUT2D eigenvalue weighted by Gasteiger charge is -2.14. The number of nitrogens with one attached hydrogen (secondary N) is 1. The standard InChI is InChI=1S/C25H23N/c1-2-3-6-17-23(21-13-7-4-8-14-21)20-26-25-19-12-11-18-24(25)22-15-9-5-10-16-22/h2-19,26H,1,20H2/b6-3-,23-17+. The zero-order chi connectivity index (χ0) is 18.0. The fourth-order valence-corrected chi connectivity index (χ4v) is 2.86. The number of benzene rings is 3. The number of allylic oxidation sites excluding steroid dienone is 4. The van der Waals surface area contributed by atoms with E-state index in [-0.39, 0.29) is 0 Å². The molecule has 0 saturated heterocycles. The number of anilines is 1. The SMILES string of the molecule is C=C/C=C\C=C(/CNc1ccccc1-c1ccccc1)c1ccccc1. The van der Waals surface area contributed by atoms with Crippen LogP contribution in [0.4, 0.5) is 5.69 Å². The summed E-state index contributed by atoms with van der Waals surface area (Å²) in [4.78, 5) is 0. The highest BCUT2D eigenvalue weighted by Gasteiger charge is 2.05. The van der Waals surface area contributed by atoms with Crippen LogP contribution in [0, 0.1) is 0 Å². The van der Waals surface area contributed by atoms with Crippen molar-refractivity contribution in [1.29, 1.82) is 0 Å². The van der Waals surface area contributed by atoms with Gasteiger partial charge < -0.3 is 5.32 Å². The Labute approximate surface area is 156 Å². The fourth-order valence-electron chi connectivity index (χ4n) is 2.86. The summed E-state index contributed by atoms with van der Waals surface area (Å²) < 4.78 is 0. The molecule has 3 aromatic rings. The van der Waals surface area contributed by atoms with Crippen LogP contribution in [-0.2, 0) is 0 Å². The zero-order valence-corrected chi connectivity index (χ0v) is 14.8. The van der Waals surface area contributed by atoms with Gasteiger partial charge in [0.05, 0.1) is 0 Å². The van der Waals surface area contributed by atoms with Gasteiger partial charge in [-0.1, -0.05) is 110 Å². The summed E-state index contributed by atoms with van der Waals surface area (Å²) in [6.45, 7) is 4.48. The molecule has 0 fully saturated rings. The Morgan fingerprint density at radius 2 is 1.42 bits per heavy atom. The molecule has 26 heavy (non-hydrogen) atoms. The van der Waals surface area contributed by atoms with E-state index >= 15 is 0 Å². The average Bonchev–Trinajstić information content (AvgIpc) is 2.72. The van der Waals surface area contributed by atoms with E-state index < -0.39 is 0 Å². The molecule has 0 bridgehead atoms. The molecule has 1 N–H and O–H groups in total. The van der Waals surface area contributed by atoms with Crippen LogP contribution in [0.1, 0.15) is 5.56 Å². The van der Waals surface area contributed by atoms with Crippen molar-refractivity contribution in [2.75, 3.05) is 11.9 Å². The Balaban J connectivity index is 1.85. The maximum atomic E-state index is 3.74. The third-order valence-corrected chi connectivity index (χ3v) is 4.17. The predicted octanol–water partition coefficient (Wildman–Crippen LogP) is 6.59. The van der Waals surface area contributed by atoms with Gasteiger partial charge in [0.25, 0.3) is 0 Å². The number of hydrogen-bond acceptors (Lipinski definition) is 1. The van der Waals surface area contributed by atoms with Crippen molar-refractivity contribution in [1.82, 2.24) is 0 Å². The van der Waals surface area contributed by atoms with Gasteiger partial charge in [-0.25, -0.2) is 0 Å². The molecule has 0 heterocycles. The fraction of sp³-hybridized carbons (Fsp3) is 0.0400. The van der Waals surface area contributed by atoms with E-state index in [1.165, 1.54) is 22.3 Å². The lowest BCUT2D eigenvalue weighted by atomic mass is 10.0. The molecule has 128 valence electrons. The second-order valence-electron chi connectivity index (χ2n) is 5.94. The molecule has 0 aromatic heterocycles. The van der Waals surface area contributed by atoms with Gasteiger partial charge in [-0.15, -0.1) is 0 Å². The summed E-state index contributed by atoms with van der Waals surface area (Å²) in [6.07, 6.45) is 7.90. The van der Waals surface area contributed by atoms with E-state index in [2.05, 4.69) is 90.8 Å². The topological polar surface area (TPSA) is 12.0 Å². The summed E-state index contributed by atoms with van der Waals surface area (Å²) in [5, 5.41) is 3.61. The molecular formula is C25H23N. The molecular weight excluding hydrogens is 314 g/mol. The van der Waals surface area contributed by atoms with Crippen molar-refractivity contribution in [3.05, 3.63) is 121 Å². The maximum Gasteiger partial charge on any atom is 0.0422 e. The summed E-state index contributed by atoms with van der Waals surface area (Å²) in [6, 6.07) is 29.3. The lowest BCUT2D eigenvalue weighted by Crippen LogP contribution is -2.05. The predicted molar refractivity (Wildman–Crippen MR) is 114 cm³/mol. The summed E-state index contributed by atoms with van der Waals surface area (Å²) in [5.74, 6) is 0. The molecule has 0 unspecified atom stereocenters. The van der Waals surface area contributed by atoms with Crippen LogP contribution in [-0.4, -0.2) is 6.54 Å². The Morgan fingerprint density at radius 1 is 0.769 bits per heavy atom. The summed E-state index contributed by atoms with van der Waals surface area (Å²) >= 11 is 0. The van der Waals surface area contributed by atoms with E-state index in [9.17, 15) is 0 Å². The Kier molecular flexibility index (Phi) is 6.22. The number of rotatable bonds is 7. The highest BCUT2D eigenvalue weighted by atomic mass is 14.9. The quantitative estimate of drug-likeness (QED) is 0.479. The molecule has 0 aliphatic rings. The monoisotopic (exact) mass is 337 g/mol. The van der Waals surface area contributed by atoms with Gasteiger partial charge in [0.15, 0.2) is 0 Å². The first-order valence-electron chi connectivity index (χ1n) is 8.80. The molecule has 1 heteroatoms. The Morgan fingerprint density at radius 3 is 2.15 bits per heavy atom. The van der Waals surface area contributed by atoms with Crippen molar-refractivity contribution in [3.8, 4) is 11.1 Å². The third kappa shape index (κ3) is 4.61. The molecule has 0 aliphatic heterocycles. The van der Waals surface area contributed by atoms with Crippen LogP contribution in [0.15, 0.2) is 116 Å². The third-order valence-electron chi connectivity index (χ3n) is 4.17. The van der Waals surface area contributed by atoms with Gasteiger partial charge >= 0.3 is 0 Å². The first kappa shape index (κ1) is 17.5. The largest absolute Gasteiger partial charge is 0.380 e. The van der Waals surface area contributed by atoms with Crippen LogP contribution in [0.3, 0.4) is 0 Å². The molecule has 0 aliphatic carbocycles. The number of para-hydroxylation sites is 1. The molecule has 0 saturated carbocycles. The van der Waals surface area contributed by atoms with Crippen molar-refractivity contribution < 1.29 is 0 Å². The highest BCUT2D eigenvalue weighted by molar-refractivity contribution is 5.80. The summed E-state index contributed by atoms with van der Waals surface area (Å²) in [7, 11) is 0. The van der Waals surface area contributed by atoms with Crippen LogP contribution in [0.5, 0.6) is 0 Å². The minimum Gasteiger partial charge on any atom is -0.380 e. The minimum absolute atomic E-state index is 0.745. The van der Waals surface area contributed by atoms with Crippen LogP contribution in [0.25, 0.3) is 16.7 Å². The second-order valence-corrected chi connectivity index (χ2v) is 5.94. The summed E-state index contributed by atoms with van der Waals surface area (Å²) in [5.41, 5.74) is 6.00. The van der Waals surface area contributed by atoms with Gasteiger partial charge in [0, 0.05) is 17.8 Å². The molecule has 1 nitrogen and oxygen atoms in total.